The largest absolute Gasteiger partial charge is 0.444 e. The number of thiophene rings is 1. The van der Waals surface area contributed by atoms with Crippen LogP contribution in [-0.2, 0) is 16.1 Å². The normalized spacial score (nSPS) is 20.3. The number of nitrogens with zero attached hydrogens (tertiary/aromatic N) is 2. The van der Waals surface area contributed by atoms with Crippen LogP contribution in [0.25, 0.3) is 10.9 Å². The third-order valence-corrected chi connectivity index (χ3v) is 9.35. The SMILES string of the molecule is CC(C)(C)OC(=O)NC1CCN(C2C(=O)C(O)C2Nc2cccc(NC(=O)c3sccc3NCc3ccnc4ccccc34)c2)CC1. The number of ether oxygens (including phenoxy) is 1. The van der Waals surface area contributed by atoms with E-state index in [0.29, 0.717) is 48.7 Å². The average molecular weight is 657 g/mol. The maximum Gasteiger partial charge on any atom is 0.407 e. The number of pyridine rings is 1. The summed E-state index contributed by atoms with van der Waals surface area (Å²) in [6, 6.07) is 18.1. The molecule has 12 heteroatoms. The van der Waals surface area contributed by atoms with Crippen molar-refractivity contribution < 1.29 is 24.2 Å². The monoisotopic (exact) mass is 656 g/mol. The number of benzene rings is 2. The lowest BCUT2D eigenvalue weighted by atomic mass is 9.79. The molecule has 1 saturated heterocycles. The molecular weight excluding hydrogens is 616 g/mol. The van der Waals surface area contributed by atoms with E-state index in [9.17, 15) is 19.5 Å². The Morgan fingerprint density at radius 3 is 2.60 bits per heavy atom. The number of carbonyl (C=O) groups excluding carboxylic acids is 3. The lowest BCUT2D eigenvalue weighted by Crippen LogP contribution is -2.71. The van der Waals surface area contributed by atoms with Crippen LogP contribution in [0.5, 0.6) is 0 Å². The van der Waals surface area contributed by atoms with Gasteiger partial charge in [0.05, 0.1) is 23.3 Å². The molecule has 2 amide bonds. The van der Waals surface area contributed by atoms with Gasteiger partial charge in [-0.05, 0) is 81.0 Å². The van der Waals surface area contributed by atoms with Gasteiger partial charge in [0, 0.05) is 48.6 Å². The van der Waals surface area contributed by atoms with Crippen molar-refractivity contribution in [2.24, 2.45) is 0 Å². The number of aliphatic hydroxyl groups excluding tert-OH is 1. The van der Waals surface area contributed by atoms with Gasteiger partial charge in [0.15, 0.2) is 5.78 Å². The van der Waals surface area contributed by atoms with Crippen LogP contribution in [0.1, 0.15) is 48.8 Å². The maximum atomic E-state index is 13.3. The molecule has 3 heterocycles. The van der Waals surface area contributed by atoms with Crippen LogP contribution >= 0.6 is 11.3 Å². The zero-order valence-corrected chi connectivity index (χ0v) is 27.5. The maximum absolute atomic E-state index is 13.3. The number of likely N-dealkylation sites (tertiary alicyclic amines) is 1. The fraction of sp³-hybridized carbons (Fsp3) is 0.371. The van der Waals surface area contributed by atoms with Gasteiger partial charge >= 0.3 is 6.09 Å². The summed E-state index contributed by atoms with van der Waals surface area (Å²) in [4.78, 5) is 45.3. The summed E-state index contributed by atoms with van der Waals surface area (Å²) in [5.41, 5.74) is 3.45. The van der Waals surface area contributed by atoms with E-state index >= 15 is 0 Å². The molecule has 4 aromatic rings. The number of nitrogens with one attached hydrogen (secondary N) is 4. The second-order valence-corrected chi connectivity index (χ2v) is 13.9. The molecule has 47 heavy (non-hydrogen) atoms. The van der Waals surface area contributed by atoms with Gasteiger partial charge in [-0.15, -0.1) is 11.3 Å². The van der Waals surface area contributed by atoms with E-state index in [2.05, 4.69) is 31.2 Å². The van der Waals surface area contributed by atoms with Crippen molar-refractivity contribution in [2.75, 3.05) is 29.0 Å². The number of aromatic nitrogens is 1. The number of rotatable bonds is 9. The van der Waals surface area contributed by atoms with E-state index in [1.807, 2.05) is 74.7 Å². The van der Waals surface area contributed by atoms with Crippen molar-refractivity contribution in [3.63, 3.8) is 0 Å². The minimum Gasteiger partial charge on any atom is -0.444 e. The Balaban J connectivity index is 1.04. The lowest BCUT2D eigenvalue weighted by molar-refractivity contribution is -0.147. The van der Waals surface area contributed by atoms with Gasteiger partial charge in [0.1, 0.15) is 16.6 Å². The van der Waals surface area contributed by atoms with Crippen LogP contribution < -0.4 is 21.3 Å². The Morgan fingerprint density at radius 2 is 1.81 bits per heavy atom. The third kappa shape index (κ3) is 7.56. The van der Waals surface area contributed by atoms with Crippen LogP contribution in [0.3, 0.4) is 0 Å². The summed E-state index contributed by atoms with van der Waals surface area (Å²) in [5, 5.41) is 26.2. The van der Waals surface area contributed by atoms with Crippen LogP contribution in [0.15, 0.2) is 72.2 Å². The molecule has 246 valence electrons. The number of alkyl carbamates (subject to hydrolysis) is 1. The Kier molecular flexibility index (Phi) is 9.44. The average Bonchev–Trinajstić information content (AvgIpc) is 3.52. The molecule has 3 atom stereocenters. The molecule has 0 spiro atoms. The summed E-state index contributed by atoms with van der Waals surface area (Å²) < 4.78 is 5.37. The predicted molar refractivity (Wildman–Crippen MR) is 184 cm³/mol. The van der Waals surface area contributed by atoms with Gasteiger partial charge < -0.3 is 31.1 Å². The highest BCUT2D eigenvalue weighted by atomic mass is 32.1. The molecule has 3 unspecified atom stereocenters. The van der Waals surface area contributed by atoms with Gasteiger partial charge in [-0.25, -0.2) is 4.79 Å². The van der Waals surface area contributed by atoms with Crippen LogP contribution in [0.2, 0.25) is 0 Å². The third-order valence-electron chi connectivity index (χ3n) is 8.44. The van der Waals surface area contributed by atoms with E-state index in [1.165, 1.54) is 11.3 Å². The number of para-hydroxylation sites is 1. The zero-order valence-electron chi connectivity index (χ0n) is 26.7. The Morgan fingerprint density at radius 1 is 1.04 bits per heavy atom. The number of carbonyl (C=O) groups is 3. The number of piperidine rings is 1. The number of hydrogen-bond donors (Lipinski definition) is 5. The second kappa shape index (κ2) is 13.7. The summed E-state index contributed by atoms with van der Waals surface area (Å²) in [7, 11) is 0. The van der Waals surface area contributed by atoms with Gasteiger partial charge in [-0.1, -0.05) is 24.3 Å². The van der Waals surface area contributed by atoms with Gasteiger partial charge in [0.2, 0.25) is 0 Å². The molecule has 2 fully saturated rings. The first-order valence-corrected chi connectivity index (χ1v) is 16.7. The van der Waals surface area contributed by atoms with Gasteiger partial charge in [0.25, 0.3) is 5.91 Å². The number of amides is 2. The standard InChI is InChI=1S/C35H40N6O5S/c1-35(2,3)46-34(45)40-22-12-16-41(17-13-22)29-28(30(42)31(29)43)38-23-7-6-8-24(19-23)39-33(44)32-27(14-18-47-32)37-20-21-11-15-36-26-10-5-4-9-25(21)26/h4-11,14-15,18-19,22,28-30,37-38,42H,12-13,16-17,20H2,1-3H3,(H,39,44)(H,40,45). The molecule has 11 nitrogen and oxygen atoms in total. The minimum absolute atomic E-state index is 0.0394. The first kappa shape index (κ1) is 32.4. The summed E-state index contributed by atoms with van der Waals surface area (Å²) >= 11 is 1.36. The highest BCUT2D eigenvalue weighted by Gasteiger charge is 2.52. The summed E-state index contributed by atoms with van der Waals surface area (Å²) in [5.74, 6) is -0.457. The van der Waals surface area contributed by atoms with Crippen LogP contribution in [0.4, 0.5) is 21.9 Å². The smallest absolute Gasteiger partial charge is 0.407 e. The van der Waals surface area contributed by atoms with E-state index in [0.717, 1.165) is 22.2 Å². The zero-order chi connectivity index (χ0) is 33.1. The highest BCUT2D eigenvalue weighted by molar-refractivity contribution is 7.12. The molecular formula is C35H40N6O5S. The first-order valence-electron chi connectivity index (χ1n) is 15.8. The van der Waals surface area contributed by atoms with Crippen molar-refractivity contribution in [2.45, 2.75) is 70.0 Å². The van der Waals surface area contributed by atoms with E-state index < -0.39 is 29.9 Å². The quantitative estimate of drug-likeness (QED) is 0.163. The number of ketones is 1. The minimum atomic E-state index is -1.13. The van der Waals surface area contributed by atoms with E-state index in [4.69, 9.17) is 4.74 Å². The fourth-order valence-electron chi connectivity index (χ4n) is 6.14. The summed E-state index contributed by atoms with van der Waals surface area (Å²) in [6.07, 6.45) is 1.56. The molecule has 0 bridgehead atoms. The Bertz CT molecular complexity index is 1760. The topological polar surface area (TPSA) is 145 Å². The Hall–Kier alpha value is -4.52. The number of anilines is 3. The highest BCUT2D eigenvalue weighted by Crippen LogP contribution is 2.31. The van der Waals surface area contributed by atoms with Crippen LogP contribution in [0, 0.1) is 0 Å². The lowest BCUT2D eigenvalue weighted by Gasteiger charge is -2.48. The molecule has 1 aliphatic heterocycles. The second-order valence-electron chi connectivity index (χ2n) is 13.0. The van der Waals surface area contributed by atoms with Crippen molar-refractivity contribution in [3.8, 4) is 0 Å². The molecule has 1 saturated carbocycles. The van der Waals surface area contributed by atoms with Gasteiger partial charge in [-0.2, -0.15) is 0 Å². The molecule has 1 aliphatic carbocycles. The van der Waals surface area contributed by atoms with E-state index in [1.54, 1.807) is 18.3 Å². The van der Waals surface area contributed by atoms with Gasteiger partial charge in [-0.3, -0.25) is 19.5 Å². The molecule has 2 aromatic heterocycles. The molecule has 0 radical (unpaired) electrons. The van der Waals surface area contributed by atoms with Crippen molar-refractivity contribution in [1.29, 1.82) is 0 Å². The van der Waals surface area contributed by atoms with Crippen molar-refractivity contribution >= 4 is 57.1 Å². The van der Waals surface area contributed by atoms with Crippen molar-refractivity contribution in [1.82, 2.24) is 15.2 Å². The predicted octanol–water partition coefficient (Wildman–Crippen LogP) is 5.24. The molecule has 2 aliphatic rings. The number of Topliss-reactive ketones (excluding diaryl/α,β-unsaturated/α-hetero) is 1. The van der Waals surface area contributed by atoms with Crippen molar-refractivity contribution in [3.05, 3.63) is 82.7 Å². The molecule has 6 rings (SSSR count). The fourth-order valence-corrected chi connectivity index (χ4v) is 6.90. The first-order chi connectivity index (χ1) is 22.6. The van der Waals surface area contributed by atoms with E-state index in [-0.39, 0.29) is 17.7 Å². The number of hydrogen-bond acceptors (Lipinski definition) is 10. The number of aliphatic hydroxyl groups is 1. The molecule has 2 aromatic carbocycles. The summed E-state index contributed by atoms with van der Waals surface area (Å²) in [6.45, 7) is 7.22. The molecule has 5 N–H and O–H groups in total. The Labute approximate surface area is 277 Å². The number of fused-ring (bicyclic) bond motifs is 1. The van der Waals surface area contributed by atoms with Crippen LogP contribution in [-0.4, -0.2) is 75.7 Å².